The van der Waals surface area contributed by atoms with Gasteiger partial charge in [0, 0.05) is 5.56 Å². The number of aromatic nitrogens is 1. The van der Waals surface area contributed by atoms with E-state index in [1.807, 2.05) is 41.9 Å². The van der Waals surface area contributed by atoms with Gasteiger partial charge in [-0.2, -0.15) is 0 Å². The number of hydrogen-bond acceptors (Lipinski definition) is 3. The summed E-state index contributed by atoms with van der Waals surface area (Å²) in [6, 6.07) is 13.4. The molecule has 1 N–H and O–H groups in total. The molecule has 0 spiro atoms. The number of para-hydroxylation sites is 1. The van der Waals surface area contributed by atoms with Crippen LogP contribution in [-0.2, 0) is 0 Å². The monoisotopic (exact) mass is 227 g/mol. The Bertz CT molecular complexity index is 645. The van der Waals surface area contributed by atoms with E-state index in [2.05, 4.69) is 4.98 Å². The van der Waals surface area contributed by atoms with Crippen molar-refractivity contribution in [1.82, 2.24) is 4.98 Å². The molecule has 3 aromatic rings. The molecule has 0 radical (unpaired) electrons. The Kier molecular flexibility index (Phi) is 2.11. The number of rotatable bonds is 1. The summed E-state index contributed by atoms with van der Waals surface area (Å²) in [5.41, 5.74) is 4.65. The highest BCUT2D eigenvalue weighted by Crippen LogP contribution is 2.31. The molecule has 3 heteroatoms. The van der Waals surface area contributed by atoms with E-state index in [4.69, 9.17) is 0 Å². The lowest BCUT2D eigenvalue weighted by Gasteiger charge is -2.03. The van der Waals surface area contributed by atoms with Crippen LogP contribution in [0, 0.1) is 0 Å². The molecule has 0 unspecified atom stereocenters. The molecule has 1 aromatic heterocycles. The Morgan fingerprint density at radius 2 is 1.94 bits per heavy atom. The lowest BCUT2D eigenvalue weighted by atomic mass is 10.0. The van der Waals surface area contributed by atoms with Crippen molar-refractivity contribution in [2.24, 2.45) is 0 Å². The zero-order valence-corrected chi connectivity index (χ0v) is 9.24. The van der Waals surface area contributed by atoms with Crippen LogP contribution in [0.4, 0.5) is 0 Å². The summed E-state index contributed by atoms with van der Waals surface area (Å²) < 4.78 is 1.17. The molecule has 0 bridgehead atoms. The van der Waals surface area contributed by atoms with Crippen LogP contribution in [-0.4, -0.2) is 10.1 Å². The van der Waals surface area contributed by atoms with Crippen molar-refractivity contribution >= 4 is 21.6 Å². The Morgan fingerprint density at radius 1 is 1.06 bits per heavy atom. The van der Waals surface area contributed by atoms with Gasteiger partial charge in [-0.3, -0.25) is 0 Å². The Hall–Kier alpha value is -1.87. The lowest BCUT2D eigenvalue weighted by molar-refractivity contribution is 0.477. The van der Waals surface area contributed by atoms with Crippen LogP contribution < -0.4 is 0 Å². The molecule has 1 heterocycles. The smallest absolute Gasteiger partial charge is 0.123 e. The second kappa shape index (κ2) is 3.61. The molecule has 2 aromatic carbocycles. The third-order valence-electron chi connectivity index (χ3n) is 2.55. The van der Waals surface area contributed by atoms with E-state index < -0.39 is 0 Å². The fourth-order valence-corrected chi connectivity index (χ4v) is 2.40. The molecule has 0 atom stereocenters. The second-order valence-electron chi connectivity index (χ2n) is 3.55. The van der Waals surface area contributed by atoms with Gasteiger partial charge < -0.3 is 5.11 Å². The predicted molar refractivity (Wildman–Crippen MR) is 66.7 cm³/mol. The first kappa shape index (κ1) is 9.36. The van der Waals surface area contributed by atoms with Crippen LogP contribution in [0.3, 0.4) is 0 Å². The molecule has 0 saturated heterocycles. The fraction of sp³-hybridized carbons (Fsp3) is 0. The Balaban J connectivity index is 2.22. The van der Waals surface area contributed by atoms with Gasteiger partial charge in [-0.15, -0.1) is 11.3 Å². The number of phenols is 1. The Morgan fingerprint density at radius 3 is 2.81 bits per heavy atom. The highest BCUT2D eigenvalue weighted by Gasteiger charge is 2.04. The SMILES string of the molecule is Oc1ccccc1-c1ccc2scnc2c1. The molecule has 0 aliphatic heterocycles. The number of aromatic hydroxyl groups is 1. The Labute approximate surface area is 96.8 Å². The molecule has 0 saturated carbocycles. The number of benzene rings is 2. The standard InChI is InChI=1S/C13H9NOS/c15-12-4-2-1-3-10(12)9-5-6-13-11(7-9)14-8-16-13/h1-8,15H. The first-order chi connectivity index (χ1) is 7.84. The maximum absolute atomic E-state index is 9.77. The highest BCUT2D eigenvalue weighted by atomic mass is 32.1. The number of hydrogen-bond donors (Lipinski definition) is 1. The zero-order chi connectivity index (χ0) is 11.0. The van der Waals surface area contributed by atoms with Crippen LogP contribution in [0.15, 0.2) is 48.0 Å². The fourth-order valence-electron chi connectivity index (χ4n) is 1.74. The number of thiazole rings is 1. The number of nitrogens with zero attached hydrogens (tertiary/aromatic N) is 1. The summed E-state index contributed by atoms with van der Waals surface area (Å²) >= 11 is 1.62. The van der Waals surface area contributed by atoms with Gasteiger partial charge in [-0.1, -0.05) is 24.3 Å². The highest BCUT2D eigenvalue weighted by molar-refractivity contribution is 7.16. The van der Waals surface area contributed by atoms with E-state index in [1.165, 1.54) is 4.70 Å². The van der Waals surface area contributed by atoms with Crippen LogP contribution in [0.1, 0.15) is 0 Å². The first-order valence-corrected chi connectivity index (χ1v) is 5.84. The number of phenolic OH excluding ortho intramolecular Hbond substituents is 1. The molecular weight excluding hydrogens is 218 g/mol. The predicted octanol–water partition coefficient (Wildman–Crippen LogP) is 3.67. The van der Waals surface area contributed by atoms with Gasteiger partial charge in [0.15, 0.2) is 0 Å². The normalized spacial score (nSPS) is 10.8. The molecular formula is C13H9NOS. The van der Waals surface area contributed by atoms with Gasteiger partial charge in [-0.25, -0.2) is 4.98 Å². The van der Waals surface area contributed by atoms with Crippen LogP contribution in [0.2, 0.25) is 0 Å². The third kappa shape index (κ3) is 1.46. The molecule has 0 amide bonds. The molecule has 0 aliphatic carbocycles. The second-order valence-corrected chi connectivity index (χ2v) is 4.44. The maximum Gasteiger partial charge on any atom is 0.123 e. The summed E-state index contributed by atoms with van der Waals surface area (Å²) in [5.74, 6) is 0.303. The zero-order valence-electron chi connectivity index (χ0n) is 8.42. The molecule has 2 nitrogen and oxygen atoms in total. The van der Waals surface area contributed by atoms with Crippen molar-refractivity contribution in [1.29, 1.82) is 0 Å². The summed E-state index contributed by atoms with van der Waals surface area (Å²) in [6.45, 7) is 0. The van der Waals surface area contributed by atoms with Crippen molar-refractivity contribution in [2.45, 2.75) is 0 Å². The number of fused-ring (bicyclic) bond motifs is 1. The van der Waals surface area contributed by atoms with E-state index in [1.54, 1.807) is 17.4 Å². The van der Waals surface area contributed by atoms with Gasteiger partial charge in [-0.05, 0) is 23.8 Å². The van der Waals surface area contributed by atoms with Crippen molar-refractivity contribution in [3.8, 4) is 16.9 Å². The summed E-state index contributed by atoms with van der Waals surface area (Å²) in [7, 11) is 0. The maximum atomic E-state index is 9.77. The molecule has 0 aliphatic rings. The van der Waals surface area contributed by atoms with Crippen molar-refractivity contribution < 1.29 is 5.11 Å². The van der Waals surface area contributed by atoms with E-state index in [9.17, 15) is 5.11 Å². The minimum Gasteiger partial charge on any atom is -0.507 e. The quantitative estimate of drug-likeness (QED) is 0.688. The summed E-state index contributed by atoms with van der Waals surface area (Å²) in [4.78, 5) is 4.27. The molecule has 0 fully saturated rings. The van der Waals surface area contributed by atoms with Crippen molar-refractivity contribution in [3.63, 3.8) is 0 Å². The van der Waals surface area contributed by atoms with Crippen LogP contribution in [0.5, 0.6) is 5.75 Å². The van der Waals surface area contributed by atoms with Gasteiger partial charge in [0.2, 0.25) is 0 Å². The lowest BCUT2D eigenvalue weighted by Crippen LogP contribution is -1.78. The third-order valence-corrected chi connectivity index (χ3v) is 3.36. The van der Waals surface area contributed by atoms with Gasteiger partial charge in [0.1, 0.15) is 5.75 Å². The van der Waals surface area contributed by atoms with Crippen LogP contribution >= 0.6 is 11.3 Å². The summed E-state index contributed by atoms with van der Waals surface area (Å²) in [5, 5.41) is 9.77. The van der Waals surface area contributed by atoms with E-state index in [-0.39, 0.29) is 0 Å². The minimum absolute atomic E-state index is 0.303. The van der Waals surface area contributed by atoms with Gasteiger partial charge >= 0.3 is 0 Å². The topological polar surface area (TPSA) is 33.1 Å². The minimum atomic E-state index is 0.303. The molecule has 78 valence electrons. The van der Waals surface area contributed by atoms with E-state index in [0.29, 0.717) is 5.75 Å². The average molecular weight is 227 g/mol. The average Bonchev–Trinajstić information content (AvgIpc) is 2.76. The summed E-state index contributed by atoms with van der Waals surface area (Å²) in [6.07, 6.45) is 0. The van der Waals surface area contributed by atoms with Crippen LogP contribution in [0.25, 0.3) is 21.3 Å². The van der Waals surface area contributed by atoms with E-state index >= 15 is 0 Å². The van der Waals surface area contributed by atoms with E-state index in [0.717, 1.165) is 16.6 Å². The van der Waals surface area contributed by atoms with Crippen molar-refractivity contribution in [3.05, 3.63) is 48.0 Å². The van der Waals surface area contributed by atoms with Gasteiger partial charge in [0.05, 0.1) is 15.7 Å². The largest absolute Gasteiger partial charge is 0.507 e. The molecule has 16 heavy (non-hydrogen) atoms. The molecule has 3 rings (SSSR count). The van der Waals surface area contributed by atoms with Gasteiger partial charge in [0.25, 0.3) is 0 Å². The first-order valence-electron chi connectivity index (χ1n) is 4.96. The van der Waals surface area contributed by atoms with Crippen molar-refractivity contribution in [2.75, 3.05) is 0 Å².